The molecule has 6 heteroatoms. The predicted octanol–water partition coefficient (Wildman–Crippen LogP) is 2.94. The lowest BCUT2D eigenvalue weighted by atomic mass is 9.84. The molecule has 3 aliphatic heterocycles. The van der Waals surface area contributed by atoms with Crippen LogP contribution in [0.3, 0.4) is 0 Å². The second kappa shape index (κ2) is 4.40. The molecule has 4 nitrogen and oxygen atoms in total. The first-order valence-corrected chi connectivity index (χ1v) is 9.70. The Morgan fingerprint density at radius 2 is 2.00 bits per heavy atom. The molecular weight excluding hydrogens is 308 g/mol. The van der Waals surface area contributed by atoms with Gasteiger partial charge in [0.15, 0.2) is 0 Å². The number of fused-ring (bicyclic) bond motifs is 3. The van der Waals surface area contributed by atoms with Gasteiger partial charge in [0.1, 0.15) is 5.82 Å². The molecule has 2 aromatic rings. The van der Waals surface area contributed by atoms with E-state index in [4.69, 9.17) is 10.7 Å². The molecule has 21 heavy (non-hydrogen) atoms. The lowest BCUT2D eigenvalue weighted by Gasteiger charge is -2.41. The van der Waals surface area contributed by atoms with E-state index in [1.165, 1.54) is 35.1 Å². The second-order valence-corrected chi connectivity index (χ2v) is 8.87. The summed E-state index contributed by atoms with van der Waals surface area (Å²) in [5.74, 6) is 1.82. The monoisotopic (exact) mass is 324 g/mol. The highest BCUT2D eigenvalue weighted by molar-refractivity contribution is 8.13. The molecule has 1 aromatic carbocycles. The number of anilines is 1. The van der Waals surface area contributed by atoms with Gasteiger partial charge in [-0.1, -0.05) is 6.07 Å². The minimum atomic E-state index is -3.52. The standard InChI is InChI=1S/C15H17ClN2O2S/c1-17-13-3-2-10(9-21(16,19)20)8-12(13)14-11-4-6-18(7-5-11)15(14)17/h2-3,8,11H,4-7,9H2,1H3. The molecular formula is C15H17ClN2O2S. The third-order valence-electron chi connectivity index (χ3n) is 4.81. The Bertz CT molecular complexity index is 833. The summed E-state index contributed by atoms with van der Waals surface area (Å²) in [4.78, 5) is 2.45. The lowest BCUT2D eigenvalue weighted by molar-refractivity contribution is 0.469. The van der Waals surface area contributed by atoms with Gasteiger partial charge in [-0.25, -0.2) is 8.42 Å². The summed E-state index contributed by atoms with van der Waals surface area (Å²) in [5.41, 5.74) is 3.34. The predicted molar refractivity (Wildman–Crippen MR) is 85.6 cm³/mol. The molecule has 1 saturated heterocycles. The van der Waals surface area contributed by atoms with Crippen LogP contribution in [0.2, 0.25) is 0 Å². The molecule has 0 aliphatic carbocycles. The van der Waals surface area contributed by atoms with E-state index in [1.54, 1.807) is 0 Å². The van der Waals surface area contributed by atoms with Crippen molar-refractivity contribution in [1.29, 1.82) is 0 Å². The van der Waals surface area contributed by atoms with Crippen molar-refractivity contribution < 1.29 is 8.42 Å². The van der Waals surface area contributed by atoms with E-state index < -0.39 is 9.05 Å². The van der Waals surface area contributed by atoms with E-state index in [0.29, 0.717) is 5.92 Å². The van der Waals surface area contributed by atoms with Gasteiger partial charge < -0.3 is 9.47 Å². The Morgan fingerprint density at radius 3 is 2.67 bits per heavy atom. The van der Waals surface area contributed by atoms with Crippen LogP contribution in [0.4, 0.5) is 5.82 Å². The zero-order valence-corrected chi connectivity index (χ0v) is 13.4. The van der Waals surface area contributed by atoms with Crippen LogP contribution in [0.15, 0.2) is 18.2 Å². The lowest BCUT2D eigenvalue weighted by Crippen LogP contribution is -2.39. The molecule has 2 bridgehead atoms. The minimum Gasteiger partial charge on any atom is -0.358 e. The SMILES string of the molecule is Cn1c2c(c3cc(CS(=O)(=O)Cl)ccc31)C1CCN2CC1. The van der Waals surface area contributed by atoms with Crippen molar-refractivity contribution in [3.8, 4) is 0 Å². The highest BCUT2D eigenvalue weighted by Crippen LogP contribution is 2.47. The molecule has 0 atom stereocenters. The molecule has 3 aliphatic rings. The fraction of sp³-hybridized carbons (Fsp3) is 0.467. The topological polar surface area (TPSA) is 42.3 Å². The zero-order chi connectivity index (χ0) is 14.8. The summed E-state index contributed by atoms with van der Waals surface area (Å²) < 4.78 is 24.9. The maximum atomic E-state index is 11.3. The molecule has 0 amide bonds. The van der Waals surface area contributed by atoms with Gasteiger partial charge in [-0.3, -0.25) is 0 Å². The average molecular weight is 325 g/mol. The Morgan fingerprint density at radius 1 is 1.29 bits per heavy atom. The maximum Gasteiger partial charge on any atom is 0.236 e. The van der Waals surface area contributed by atoms with Crippen LogP contribution in [0.25, 0.3) is 10.9 Å². The van der Waals surface area contributed by atoms with Gasteiger partial charge >= 0.3 is 0 Å². The first-order chi connectivity index (χ1) is 9.94. The third kappa shape index (κ3) is 2.06. The van der Waals surface area contributed by atoms with Crippen LogP contribution in [-0.4, -0.2) is 26.1 Å². The first-order valence-electron chi connectivity index (χ1n) is 7.22. The molecule has 1 fully saturated rings. The normalized spacial score (nSPS) is 18.5. The van der Waals surface area contributed by atoms with Gasteiger partial charge in [0.05, 0.1) is 5.75 Å². The Balaban J connectivity index is 1.94. The van der Waals surface area contributed by atoms with E-state index in [-0.39, 0.29) is 5.75 Å². The minimum absolute atomic E-state index is 0.109. The molecule has 1 aromatic heterocycles. The van der Waals surface area contributed by atoms with Crippen molar-refractivity contribution in [1.82, 2.24) is 4.57 Å². The summed E-state index contributed by atoms with van der Waals surface area (Å²) in [5, 5.41) is 1.19. The third-order valence-corrected chi connectivity index (χ3v) is 5.82. The Labute approximate surface area is 128 Å². The maximum absolute atomic E-state index is 11.3. The van der Waals surface area contributed by atoms with Crippen molar-refractivity contribution >= 4 is 36.5 Å². The smallest absolute Gasteiger partial charge is 0.236 e. The van der Waals surface area contributed by atoms with Crippen LogP contribution in [0.5, 0.6) is 0 Å². The number of hydrogen-bond acceptors (Lipinski definition) is 3. The fourth-order valence-electron chi connectivity index (χ4n) is 3.96. The highest BCUT2D eigenvalue weighted by Gasteiger charge is 2.35. The van der Waals surface area contributed by atoms with Crippen molar-refractivity contribution in [2.75, 3.05) is 18.0 Å². The summed E-state index contributed by atoms with van der Waals surface area (Å²) >= 11 is 0. The second-order valence-electron chi connectivity index (χ2n) is 6.09. The summed E-state index contributed by atoms with van der Waals surface area (Å²) in [6.07, 6.45) is 2.40. The fourth-order valence-corrected chi connectivity index (χ4v) is 4.92. The molecule has 4 heterocycles. The number of hydrogen-bond donors (Lipinski definition) is 0. The Kier molecular flexibility index (Phi) is 2.82. The van der Waals surface area contributed by atoms with Crippen LogP contribution in [0.1, 0.15) is 29.9 Å². The van der Waals surface area contributed by atoms with Crippen molar-refractivity contribution in [3.05, 3.63) is 29.3 Å². The van der Waals surface area contributed by atoms with Gasteiger partial charge in [0, 0.05) is 47.3 Å². The van der Waals surface area contributed by atoms with Gasteiger partial charge in [0.25, 0.3) is 0 Å². The van der Waals surface area contributed by atoms with Crippen LogP contribution in [0, 0.1) is 0 Å². The number of aromatic nitrogens is 1. The number of nitrogens with zero attached hydrogens (tertiary/aromatic N) is 2. The molecule has 0 unspecified atom stereocenters. The van der Waals surface area contributed by atoms with E-state index in [1.807, 2.05) is 18.2 Å². The molecule has 0 saturated carbocycles. The van der Waals surface area contributed by atoms with E-state index in [2.05, 4.69) is 16.5 Å². The van der Waals surface area contributed by atoms with E-state index in [9.17, 15) is 8.42 Å². The average Bonchev–Trinajstić information content (AvgIpc) is 2.74. The van der Waals surface area contributed by atoms with E-state index >= 15 is 0 Å². The van der Waals surface area contributed by atoms with Gasteiger partial charge in [-0.05, 0) is 36.5 Å². The highest BCUT2D eigenvalue weighted by atomic mass is 35.7. The summed E-state index contributed by atoms with van der Waals surface area (Å²) in [6.45, 7) is 2.26. The largest absolute Gasteiger partial charge is 0.358 e. The number of rotatable bonds is 2. The molecule has 0 spiro atoms. The van der Waals surface area contributed by atoms with Crippen molar-refractivity contribution in [2.24, 2.45) is 7.05 Å². The van der Waals surface area contributed by atoms with Crippen LogP contribution in [-0.2, 0) is 21.9 Å². The summed E-state index contributed by atoms with van der Waals surface area (Å²) in [7, 11) is 3.97. The Hall–Kier alpha value is -1.20. The van der Waals surface area contributed by atoms with Gasteiger partial charge in [-0.2, -0.15) is 0 Å². The molecule has 0 radical (unpaired) electrons. The molecule has 0 N–H and O–H groups in total. The van der Waals surface area contributed by atoms with Crippen LogP contribution < -0.4 is 4.90 Å². The molecule has 5 rings (SSSR count). The van der Waals surface area contributed by atoms with Crippen LogP contribution >= 0.6 is 10.7 Å². The number of aryl methyl sites for hydroxylation is 1. The first kappa shape index (κ1) is 13.5. The number of halogens is 1. The van der Waals surface area contributed by atoms with Gasteiger partial charge in [-0.15, -0.1) is 0 Å². The molecule has 112 valence electrons. The van der Waals surface area contributed by atoms with Crippen molar-refractivity contribution in [3.63, 3.8) is 0 Å². The quantitative estimate of drug-likeness (QED) is 0.798. The summed E-state index contributed by atoms with van der Waals surface area (Å²) in [6, 6.07) is 5.90. The number of benzene rings is 1. The number of piperidine rings is 1. The van der Waals surface area contributed by atoms with Crippen molar-refractivity contribution in [2.45, 2.75) is 24.5 Å². The van der Waals surface area contributed by atoms with Gasteiger partial charge in [0.2, 0.25) is 9.05 Å². The van der Waals surface area contributed by atoms with E-state index in [0.717, 1.165) is 18.7 Å². The zero-order valence-electron chi connectivity index (χ0n) is 11.8.